The number of para-hydroxylation sites is 1. The fraction of sp³-hybridized carbons (Fsp3) is 0.381. The normalized spacial score (nSPS) is 17.1. The van der Waals surface area contributed by atoms with E-state index in [1.165, 1.54) is 13.1 Å². The number of aromatic nitrogens is 1. The molecule has 1 saturated carbocycles. The highest BCUT2D eigenvalue weighted by molar-refractivity contribution is 7.52. The summed E-state index contributed by atoms with van der Waals surface area (Å²) in [5.74, 6) is -1.41. The molecular formula is C21H25N2O7P. The number of aromatic hydroxyl groups is 1. The molecule has 2 aromatic rings. The summed E-state index contributed by atoms with van der Waals surface area (Å²) in [6.45, 7) is 1.15. The Morgan fingerprint density at radius 3 is 2.61 bits per heavy atom. The summed E-state index contributed by atoms with van der Waals surface area (Å²) in [5, 5.41) is 22.4. The molecule has 0 radical (unpaired) electrons. The van der Waals surface area contributed by atoms with Crippen LogP contribution in [0.3, 0.4) is 0 Å². The highest BCUT2D eigenvalue weighted by atomic mass is 31.2. The smallest absolute Gasteiger partial charge is 0.459 e. The van der Waals surface area contributed by atoms with Crippen LogP contribution in [-0.4, -0.2) is 33.5 Å². The Morgan fingerprint density at radius 2 is 2.00 bits per heavy atom. The van der Waals surface area contributed by atoms with E-state index in [0.717, 1.165) is 12.8 Å². The van der Waals surface area contributed by atoms with Crippen LogP contribution in [0.5, 0.6) is 11.5 Å². The van der Waals surface area contributed by atoms with Gasteiger partial charge in [0.15, 0.2) is 6.29 Å². The minimum Gasteiger partial charge on any atom is -0.505 e. The predicted molar refractivity (Wildman–Crippen MR) is 112 cm³/mol. The molecule has 1 heterocycles. The third-order valence-corrected chi connectivity index (χ3v) is 6.78. The number of benzene rings is 1. The van der Waals surface area contributed by atoms with Crippen molar-refractivity contribution in [2.24, 2.45) is 5.92 Å². The lowest BCUT2D eigenvalue weighted by molar-refractivity contribution is -0.140. The first-order chi connectivity index (χ1) is 14.8. The second-order valence-corrected chi connectivity index (χ2v) is 9.11. The minimum absolute atomic E-state index is 0.0376. The van der Waals surface area contributed by atoms with E-state index in [2.05, 4.69) is 10.1 Å². The topological polar surface area (TPSA) is 135 Å². The van der Waals surface area contributed by atoms with Gasteiger partial charge in [0.25, 0.3) is 0 Å². The molecular weight excluding hydrogens is 423 g/mol. The maximum absolute atomic E-state index is 13.6. The molecule has 166 valence electrons. The molecule has 2 unspecified atom stereocenters. The zero-order chi connectivity index (χ0) is 22.4. The maximum atomic E-state index is 13.6. The van der Waals surface area contributed by atoms with Crippen molar-refractivity contribution in [3.8, 4) is 11.5 Å². The zero-order valence-corrected chi connectivity index (χ0v) is 18.0. The first-order valence-corrected chi connectivity index (χ1v) is 11.5. The maximum Gasteiger partial charge on any atom is 0.459 e. The lowest BCUT2D eigenvalue weighted by atomic mass is 9.99. The van der Waals surface area contributed by atoms with E-state index in [-0.39, 0.29) is 40.8 Å². The van der Waals surface area contributed by atoms with E-state index in [1.807, 2.05) is 0 Å². The van der Waals surface area contributed by atoms with E-state index in [9.17, 15) is 24.4 Å². The molecule has 10 heteroatoms. The Balaban J connectivity index is 1.87. The van der Waals surface area contributed by atoms with Crippen LogP contribution < -0.4 is 9.61 Å². The molecule has 1 aromatic carbocycles. The van der Waals surface area contributed by atoms with Crippen molar-refractivity contribution in [3.63, 3.8) is 0 Å². The number of carbonyl (C=O) groups excluding carboxylic acids is 1. The number of carbonyl (C=O) groups is 2. The summed E-state index contributed by atoms with van der Waals surface area (Å²) in [6, 6.07) is 7.13. The van der Waals surface area contributed by atoms with Crippen LogP contribution in [0.1, 0.15) is 47.3 Å². The molecule has 1 aromatic heterocycles. The molecule has 31 heavy (non-hydrogen) atoms. The van der Waals surface area contributed by atoms with Crippen molar-refractivity contribution >= 4 is 20.0 Å². The van der Waals surface area contributed by atoms with Gasteiger partial charge in [0.1, 0.15) is 17.5 Å². The van der Waals surface area contributed by atoms with Gasteiger partial charge in [-0.3, -0.25) is 19.1 Å². The SMILES string of the molecule is Cc1ncc(COP(=O)(NC(C(=O)O)C2CCCC2)Oc2ccccc2)c(C=O)c1O. The van der Waals surface area contributed by atoms with Gasteiger partial charge in [0.05, 0.1) is 17.9 Å². The first kappa shape index (κ1) is 22.9. The molecule has 0 amide bonds. The quantitative estimate of drug-likeness (QED) is 0.366. The first-order valence-electron chi connectivity index (χ1n) is 9.95. The third-order valence-electron chi connectivity index (χ3n) is 5.27. The van der Waals surface area contributed by atoms with Gasteiger partial charge in [-0.1, -0.05) is 31.0 Å². The molecule has 2 atom stereocenters. The van der Waals surface area contributed by atoms with Gasteiger partial charge in [0.2, 0.25) is 0 Å². The summed E-state index contributed by atoms with van der Waals surface area (Å²) in [6.07, 6.45) is 4.98. The number of hydrogen-bond acceptors (Lipinski definition) is 7. The molecule has 0 spiro atoms. The van der Waals surface area contributed by atoms with Gasteiger partial charge in [0, 0.05) is 11.8 Å². The molecule has 0 saturated heterocycles. The van der Waals surface area contributed by atoms with Crippen molar-refractivity contribution in [2.75, 3.05) is 0 Å². The van der Waals surface area contributed by atoms with Crippen molar-refractivity contribution in [1.82, 2.24) is 10.1 Å². The van der Waals surface area contributed by atoms with Crippen LogP contribution in [-0.2, 0) is 20.5 Å². The number of nitrogens with one attached hydrogen (secondary N) is 1. The van der Waals surface area contributed by atoms with Gasteiger partial charge in [-0.2, -0.15) is 5.09 Å². The molecule has 0 bridgehead atoms. The number of pyridine rings is 1. The van der Waals surface area contributed by atoms with Crippen LogP contribution in [0, 0.1) is 12.8 Å². The standard InChI is InChI=1S/C21H25N2O7P/c1-14-20(25)18(12-24)16(11-22-14)13-29-31(28,30-17-9-3-2-4-10-17)23-19(21(26)27)15-7-5-6-8-15/h2-4,9-12,15,19,25H,5-8,13H2,1H3,(H,23,28)(H,26,27). The Bertz CT molecular complexity index is 977. The van der Waals surface area contributed by atoms with Crippen molar-refractivity contribution < 1.29 is 33.4 Å². The third kappa shape index (κ3) is 5.70. The van der Waals surface area contributed by atoms with Crippen LogP contribution in [0.4, 0.5) is 0 Å². The number of carboxylic acid groups (broad SMARTS) is 1. The Morgan fingerprint density at radius 1 is 1.32 bits per heavy atom. The van der Waals surface area contributed by atoms with Gasteiger partial charge in [-0.25, -0.2) is 4.57 Å². The number of carboxylic acids is 1. The van der Waals surface area contributed by atoms with E-state index in [4.69, 9.17) is 9.05 Å². The number of aliphatic carboxylic acids is 1. The van der Waals surface area contributed by atoms with E-state index < -0.39 is 19.8 Å². The van der Waals surface area contributed by atoms with Gasteiger partial charge < -0.3 is 14.7 Å². The molecule has 1 fully saturated rings. The highest BCUT2D eigenvalue weighted by Gasteiger charge is 2.39. The molecule has 1 aliphatic rings. The van der Waals surface area contributed by atoms with Crippen molar-refractivity contribution in [1.29, 1.82) is 0 Å². The average molecular weight is 448 g/mol. The largest absolute Gasteiger partial charge is 0.505 e. The lowest BCUT2D eigenvalue weighted by Crippen LogP contribution is -2.41. The van der Waals surface area contributed by atoms with Gasteiger partial charge >= 0.3 is 13.7 Å². The van der Waals surface area contributed by atoms with Crippen LogP contribution in [0.15, 0.2) is 36.5 Å². The Hall–Kier alpha value is -2.74. The number of hydrogen-bond donors (Lipinski definition) is 3. The number of nitrogens with zero attached hydrogens (tertiary/aromatic N) is 1. The molecule has 3 rings (SSSR count). The van der Waals surface area contributed by atoms with E-state index >= 15 is 0 Å². The monoisotopic (exact) mass is 448 g/mol. The average Bonchev–Trinajstić information content (AvgIpc) is 3.28. The second kappa shape index (κ2) is 10.0. The fourth-order valence-electron chi connectivity index (χ4n) is 3.59. The second-order valence-electron chi connectivity index (χ2n) is 7.41. The van der Waals surface area contributed by atoms with Crippen molar-refractivity contribution in [3.05, 3.63) is 53.3 Å². The summed E-state index contributed by atoms with van der Waals surface area (Å²) >= 11 is 0. The molecule has 9 nitrogen and oxygen atoms in total. The van der Waals surface area contributed by atoms with Crippen LogP contribution in [0.2, 0.25) is 0 Å². The van der Waals surface area contributed by atoms with Crippen molar-refractivity contribution in [2.45, 2.75) is 45.3 Å². The van der Waals surface area contributed by atoms with Crippen LogP contribution in [0.25, 0.3) is 0 Å². The Kier molecular flexibility index (Phi) is 7.43. The molecule has 3 N–H and O–H groups in total. The number of aldehydes is 1. The van der Waals surface area contributed by atoms with E-state index in [1.54, 1.807) is 30.3 Å². The highest BCUT2D eigenvalue weighted by Crippen LogP contribution is 2.47. The fourth-order valence-corrected chi connectivity index (χ4v) is 5.14. The Labute approximate surface area is 180 Å². The van der Waals surface area contributed by atoms with Gasteiger partial charge in [-0.15, -0.1) is 0 Å². The summed E-state index contributed by atoms with van der Waals surface area (Å²) in [5.41, 5.74) is 0.425. The summed E-state index contributed by atoms with van der Waals surface area (Å²) in [7, 11) is -4.18. The van der Waals surface area contributed by atoms with E-state index in [0.29, 0.717) is 19.1 Å². The lowest BCUT2D eigenvalue weighted by Gasteiger charge is -2.26. The molecule has 0 aliphatic heterocycles. The summed E-state index contributed by atoms with van der Waals surface area (Å²) in [4.78, 5) is 27.3. The zero-order valence-electron chi connectivity index (χ0n) is 17.1. The summed E-state index contributed by atoms with van der Waals surface area (Å²) < 4.78 is 24.7. The van der Waals surface area contributed by atoms with Crippen LogP contribution >= 0.6 is 7.75 Å². The van der Waals surface area contributed by atoms with Gasteiger partial charge in [-0.05, 0) is 37.8 Å². The molecule has 1 aliphatic carbocycles. The number of aryl methyl sites for hydroxylation is 1. The number of rotatable bonds is 10. The minimum atomic E-state index is -4.18. The predicted octanol–water partition coefficient (Wildman–Crippen LogP) is 3.84.